The first kappa shape index (κ1) is 21.0. The molecule has 0 unspecified atom stereocenters. The molecule has 1 heterocycles. The summed E-state index contributed by atoms with van der Waals surface area (Å²) in [6.45, 7) is 9.43. The summed E-state index contributed by atoms with van der Waals surface area (Å²) >= 11 is 0. The third kappa shape index (κ3) is 8.03. The second-order valence-electron chi connectivity index (χ2n) is 6.91. The van der Waals surface area contributed by atoms with Gasteiger partial charge in [-0.25, -0.2) is 0 Å². The van der Waals surface area contributed by atoms with Gasteiger partial charge in [-0.2, -0.15) is 0 Å². The van der Waals surface area contributed by atoms with E-state index in [0.717, 1.165) is 51.8 Å². The van der Waals surface area contributed by atoms with Gasteiger partial charge >= 0.3 is 0 Å². The molecule has 0 aromatic carbocycles. The van der Waals surface area contributed by atoms with Gasteiger partial charge in [0.15, 0.2) is 5.96 Å². The summed E-state index contributed by atoms with van der Waals surface area (Å²) in [5, 5.41) is 6.70. The topological polar surface area (TPSA) is 54.9 Å². The Bertz CT molecular complexity index is 343. The van der Waals surface area contributed by atoms with Gasteiger partial charge < -0.3 is 20.1 Å². The van der Waals surface area contributed by atoms with Crippen LogP contribution in [0.15, 0.2) is 4.99 Å². The zero-order valence-corrected chi connectivity index (χ0v) is 17.1. The fourth-order valence-electron chi connectivity index (χ4n) is 2.91. The standard InChI is InChI=1S/C17H33N3O2.HI/c1-3-18-16(20-12-17(2)13-21-14-17)19-10-7-11-22-15-8-5-4-6-9-15;/h15H,3-14H2,1-2H3,(H2,18,19,20);1H. The molecule has 0 amide bonds. The highest BCUT2D eigenvalue weighted by molar-refractivity contribution is 14.0. The van der Waals surface area contributed by atoms with Crippen LogP contribution in [0.2, 0.25) is 0 Å². The van der Waals surface area contributed by atoms with Crippen molar-refractivity contribution < 1.29 is 9.47 Å². The van der Waals surface area contributed by atoms with E-state index in [1.165, 1.54) is 32.1 Å². The molecule has 5 nitrogen and oxygen atoms in total. The van der Waals surface area contributed by atoms with Gasteiger partial charge in [0.05, 0.1) is 25.9 Å². The highest BCUT2D eigenvalue weighted by Crippen LogP contribution is 2.26. The summed E-state index contributed by atoms with van der Waals surface area (Å²) in [6, 6.07) is 0. The molecule has 2 rings (SSSR count). The van der Waals surface area contributed by atoms with Crippen LogP contribution in [-0.4, -0.2) is 51.5 Å². The van der Waals surface area contributed by atoms with Crippen LogP contribution >= 0.6 is 24.0 Å². The number of aliphatic imine (C=N–C) groups is 1. The van der Waals surface area contributed by atoms with Crippen molar-refractivity contribution in [3.8, 4) is 0 Å². The van der Waals surface area contributed by atoms with Crippen molar-refractivity contribution in [1.29, 1.82) is 0 Å². The second kappa shape index (κ2) is 11.5. The maximum Gasteiger partial charge on any atom is 0.191 e. The zero-order valence-electron chi connectivity index (χ0n) is 14.7. The molecular weight excluding hydrogens is 405 g/mol. The normalized spacial score (nSPS) is 21.2. The summed E-state index contributed by atoms with van der Waals surface area (Å²) < 4.78 is 11.2. The summed E-state index contributed by atoms with van der Waals surface area (Å²) in [7, 11) is 0. The lowest BCUT2D eigenvalue weighted by molar-refractivity contribution is -0.0945. The molecule has 136 valence electrons. The minimum Gasteiger partial charge on any atom is -0.380 e. The Labute approximate surface area is 158 Å². The molecule has 1 saturated carbocycles. The van der Waals surface area contributed by atoms with E-state index in [1.54, 1.807) is 0 Å². The summed E-state index contributed by atoms with van der Waals surface area (Å²) in [4.78, 5) is 4.67. The fraction of sp³-hybridized carbons (Fsp3) is 0.941. The van der Waals surface area contributed by atoms with Crippen molar-refractivity contribution in [2.75, 3.05) is 39.5 Å². The second-order valence-corrected chi connectivity index (χ2v) is 6.91. The molecular formula is C17H34IN3O2. The van der Waals surface area contributed by atoms with E-state index in [-0.39, 0.29) is 29.4 Å². The third-order valence-electron chi connectivity index (χ3n) is 4.38. The van der Waals surface area contributed by atoms with Gasteiger partial charge in [-0.3, -0.25) is 4.99 Å². The Balaban J connectivity index is 0.00000264. The minimum absolute atomic E-state index is 0. The number of hydrogen-bond donors (Lipinski definition) is 2. The number of nitrogens with one attached hydrogen (secondary N) is 2. The Morgan fingerprint density at radius 2 is 1.96 bits per heavy atom. The molecule has 2 fully saturated rings. The van der Waals surface area contributed by atoms with Crippen LogP contribution in [0.3, 0.4) is 0 Å². The molecule has 0 spiro atoms. The first-order chi connectivity index (χ1) is 10.7. The predicted molar refractivity (Wildman–Crippen MR) is 106 cm³/mol. The van der Waals surface area contributed by atoms with E-state index in [4.69, 9.17) is 9.47 Å². The van der Waals surface area contributed by atoms with E-state index in [1.807, 2.05) is 0 Å². The SMILES string of the molecule is CCNC(=NCC1(C)COC1)NCCCOC1CCCCC1.I. The average molecular weight is 439 g/mol. The molecule has 6 heteroatoms. The molecule has 0 bridgehead atoms. The van der Waals surface area contributed by atoms with Crippen LogP contribution in [0.25, 0.3) is 0 Å². The Morgan fingerprint density at radius 1 is 1.22 bits per heavy atom. The summed E-state index contributed by atoms with van der Waals surface area (Å²) in [6.07, 6.45) is 8.09. The molecule has 1 aliphatic carbocycles. The first-order valence-corrected chi connectivity index (χ1v) is 8.93. The molecule has 1 aliphatic heterocycles. The lowest BCUT2D eigenvalue weighted by atomic mass is 9.89. The van der Waals surface area contributed by atoms with E-state index in [9.17, 15) is 0 Å². The molecule has 0 atom stereocenters. The van der Waals surface area contributed by atoms with Crippen molar-refractivity contribution in [3.63, 3.8) is 0 Å². The van der Waals surface area contributed by atoms with Crippen LogP contribution in [0.5, 0.6) is 0 Å². The highest BCUT2D eigenvalue weighted by atomic mass is 127. The van der Waals surface area contributed by atoms with Crippen LogP contribution in [0.4, 0.5) is 0 Å². The van der Waals surface area contributed by atoms with Crippen LogP contribution in [0.1, 0.15) is 52.4 Å². The lowest BCUT2D eigenvalue weighted by Crippen LogP contribution is -2.44. The Hall–Kier alpha value is -0.0800. The van der Waals surface area contributed by atoms with Crippen molar-refractivity contribution in [2.24, 2.45) is 10.4 Å². The number of nitrogens with zero attached hydrogens (tertiary/aromatic N) is 1. The third-order valence-corrected chi connectivity index (χ3v) is 4.38. The van der Waals surface area contributed by atoms with Crippen molar-refractivity contribution >= 4 is 29.9 Å². The van der Waals surface area contributed by atoms with Crippen LogP contribution < -0.4 is 10.6 Å². The molecule has 0 aromatic rings. The van der Waals surface area contributed by atoms with Gasteiger partial charge in [-0.15, -0.1) is 24.0 Å². The summed E-state index contributed by atoms with van der Waals surface area (Å²) in [5.74, 6) is 0.910. The van der Waals surface area contributed by atoms with E-state index in [2.05, 4.69) is 29.5 Å². The molecule has 23 heavy (non-hydrogen) atoms. The highest BCUT2D eigenvalue weighted by Gasteiger charge is 2.33. The average Bonchev–Trinajstić information content (AvgIpc) is 2.51. The maximum absolute atomic E-state index is 5.95. The van der Waals surface area contributed by atoms with E-state index >= 15 is 0 Å². The van der Waals surface area contributed by atoms with Crippen molar-refractivity contribution in [3.05, 3.63) is 0 Å². The quantitative estimate of drug-likeness (QED) is 0.264. The Morgan fingerprint density at radius 3 is 2.57 bits per heavy atom. The predicted octanol–water partition coefficient (Wildman–Crippen LogP) is 2.94. The summed E-state index contributed by atoms with van der Waals surface area (Å²) in [5.41, 5.74) is 0.229. The number of hydrogen-bond acceptors (Lipinski definition) is 3. The Kier molecular flexibility index (Phi) is 10.5. The fourth-order valence-corrected chi connectivity index (χ4v) is 2.91. The van der Waals surface area contributed by atoms with Crippen molar-refractivity contribution in [2.45, 2.75) is 58.5 Å². The number of ether oxygens (including phenoxy) is 2. The largest absolute Gasteiger partial charge is 0.380 e. The van der Waals surface area contributed by atoms with E-state index < -0.39 is 0 Å². The van der Waals surface area contributed by atoms with Gasteiger partial charge in [0.2, 0.25) is 0 Å². The van der Waals surface area contributed by atoms with Gasteiger partial charge in [0.1, 0.15) is 0 Å². The number of halogens is 1. The number of rotatable bonds is 8. The van der Waals surface area contributed by atoms with Crippen LogP contribution in [-0.2, 0) is 9.47 Å². The molecule has 0 aromatic heterocycles. The van der Waals surface area contributed by atoms with Gasteiger partial charge in [-0.05, 0) is 26.2 Å². The zero-order chi connectivity index (χ0) is 15.7. The minimum atomic E-state index is 0. The smallest absolute Gasteiger partial charge is 0.191 e. The van der Waals surface area contributed by atoms with E-state index in [0.29, 0.717) is 6.10 Å². The lowest BCUT2D eigenvalue weighted by Gasteiger charge is -2.36. The number of guanidine groups is 1. The molecule has 2 aliphatic rings. The molecule has 1 saturated heterocycles. The van der Waals surface area contributed by atoms with Crippen LogP contribution in [0, 0.1) is 5.41 Å². The van der Waals surface area contributed by atoms with Crippen molar-refractivity contribution in [1.82, 2.24) is 10.6 Å². The van der Waals surface area contributed by atoms with Gasteiger partial charge in [0, 0.05) is 25.1 Å². The van der Waals surface area contributed by atoms with Gasteiger partial charge in [-0.1, -0.05) is 26.2 Å². The monoisotopic (exact) mass is 439 g/mol. The first-order valence-electron chi connectivity index (χ1n) is 8.93. The molecule has 0 radical (unpaired) electrons. The maximum atomic E-state index is 5.95. The van der Waals surface area contributed by atoms with Gasteiger partial charge in [0.25, 0.3) is 0 Å². The molecule has 2 N–H and O–H groups in total.